The summed E-state index contributed by atoms with van der Waals surface area (Å²) in [5.41, 5.74) is 8.28. The number of hydrogen-bond acceptors (Lipinski definition) is 3. The molecule has 2 N–H and O–H groups in total. The standard InChI is InChI=1S/C15H21N3O2/c1-3-17-9-15(20)18(10-14(17)19)8-13(16)12-6-4-11(2)5-7-12/h4-7,13H,3,8-10,16H2,1-2H3. The van der Waals surface area contributed by atoms with Crippen molar-refractivity contribution in [3.63, 3.8) is 0 Å². The van der Waals surface area contributed by atoms with Crippen molar-refractivity contribution in [3.05, 3.63) is 35.4 Å². The van der Waals surface area contributed by atoms with E-state index < -0.39 is 0 Å². The van der Waals surface area contributed by atoms with Crippen molar-refractivity contribution >= 4 is 11.8 Å². The fraction of sp³-hybridized carbons (Fsp3) is 0.467. The second-order valence-electron chi connectivity index (χ2n) is 5.20. The smallest absolute Gasteiger partial charge is 0.242 e. The quantitative estimate of drug-likeness (QED) is 0.879. The number of hydrogen-bond donors (Lipinski definition) is 1. The number of carbonyl (C=O) groups is 2. The van der Waals surface area contributed by atoms with Gasteiger partial charge in [0, 0.05) is 19.1 Å². The van der Waals surface area contributed by atoms with Crippen LogP contribution in [0.25, 0.3) is 0 Å². The number of piperazine rings is 1. The van der Waals surface area contributed by atoms with Gasteiger partial charge in [-0.3, -0.25) is 9.59 Å². The van der Waals surface area contributed by atoms with Crippen LogP contribution in [-0.4, -0.2) is 47.8 Å². The van der Waals surface area contributed by atoms with Gasteiger partial charge in [-0.25, -0.2) is 0 Å². The first-order valence-corrected chi connectivity index (χ1v) is 6.89. The summed E-state index contributed by atoms with van der Waals surface area (Å²) in [6.07, 6.45) is 0. The van der Waals surface area contributed by atoms with Crippen LogP contribution in [0.15, 0.2) is 24.3 Å². The van der Waals surface area contributed by atoms with Gasteiger partial charge in [0.2, 0.25) is 11.8 Å². The SMILES string of the molecule is CCN1CC(=O)N(CC(N)c2ccc(C)cc2)CC1=O. The number of amides is 2. The Kier molecular flexibility index (Phi) is 4.39. The number of carbonyl (C=O) groups excluding carboxylic acids is 2. The number of likely N-dealkylation sites (N-methyl/N-ethyl adjacent to an activating group) is 1. The van der Waals surface area contributed by atoms with E-state index in [2.05, 4.69) is 0 Å². The van der Waals surface area contributed by atoms with Gasteiger partial charge >= 0.3 is 0 Å². The third kappa shape index (κ3) is 3.17. The highest BCUT2D eigenvalue weighted by molar-refractivity contribution is 5.92. The third-order valence-electron chi connectivity index (χ3n) is 3.66. The van der Waals surface area contributed by atoms with Crippen molar-refractivity contribution in [3.8, 4) is 0 Å². The minimum absolute atomic E-state index is 0.0109. The van der Waals surface area contributed by atoms with Gasteiger partial charge in [0.1, 0.15) is 0 Å². The molecule has 0 bridgehead atoms. The largest absolute Gasteiger partial charge is 0.332 e. The molecule has 0 radical (unpaired) electrons. The first kappa shape index (κ1) is 14.5. The van der Waals surface area contributed by atoms with Crippen LogP contribution < -0.4 is 5.73 Å². The van der Waals surface area contributed by atoms with Crippen molar-refractivity contribution in [2.75, 3.05) is 26.2 Å². The lowest BCUT2D eigenvalue weighted by molar-refractivity contribution is -0.150. The Morgan fingerprint density at radius 3 is 2.25 bits per heavy atom. The summed E-state index contributed by atoms with van der Waals surface area (Å²) in [4.78, 5) is 27.0. The van der Waals surface area contributed by atoms with Crippen LogP contribution in [0.5, 0.6) is 0 Å². The zero-order chi connectivity index (χ0) is 14.7. The van der Waals surface area contributed by atoms with Crippen LogP contribution in [0, 0.1) is 6.92 Å². The summed E-state index contributed by atoms with van der Waals surface area (Å²) in [6, 6.07) is 7.66. The Hall–Kier alpha value is -1.88. The summed E-state index contributed by atoms with van der Waals surface area (Å²) in [5, 5.41) is 0. The van der Waals surface area contributed by atoms with E-state index in [1.165, 1.54) is 5.56 Å². The van der Waals surface area contributed by atoms with E-state index in [4.69, 9.17) is 5.73 Å². The summed E-state index contributed by atoms with van der Waals surface area (Å²) >= 11 is 0. The molecule has 1 heterocycles. The lowest BCUT2D eigenvalue weighted by Crippen LogP contribution is -2.54. The van der Waals surface area contributed by atoms with Gasteiger partial charge in [0.15, 0.2) is 0 Å². The molecule has 0 spiro atoms. The van der Waals surface area contributed by atoms with Crippen LogP contribution >= 0.6 is 0 Å². The van der Waals surface area contributed by atoms with E-state index in [9.17, 15) is 9.59 Å². The van der Waals surface area contributed by atoms with E-state index in [0.29, 0.717) is 13.1 Å². The highest BCUT2D eigenvalue weighted by Crippen LogP contribution is 2.15. The van der Waals surface area contributed by atoms with Crippen molar-refractivity contribution in [1.29, 1.82) is 0 Å². The normalized spacial score (nSPS) is 17.6. The minimum atomic E-state index is -0.263. The Morgan fingerprint density at radius 2 is 1.65 bits per heavy atom. The van der Waals surface area contributed by atoms with Crippen LogP contribution in [-0.2, 0) is 9.59 Å². The summed E-state index contributed by atoms with van der Waals surface area (Å²) in [7, 11) is 0. The molecule has 1 aromatic rings. The van der Waals surface area contributed by atoms with Gasteiger partial charge in [-0.15, -0.1) is 0 Å². The van der Waals surface area contributed by atoms with E-state index in [0.717, 1.165) is 5.56 Å². The molecule has 1 aliphatic rings. The molecule has 20 heavy (non-hydrogen) atoms. The number of aryl methyl sites for hydroxylation is 1. The van der Waals surface area contributed by atoms with Gasteiger partial charge in [-0.2, -0.15) is 0 Å². The molecule has 0 saturated carbocycles. The number of nitrogens with zero attached hydrogens (tertiary/aromatic N) is 2. The molecule has 1 aliphatic heterocycles. The first-order chi connectivity index (χ1) is 9.51. The Balaban J connectivity index is 2.01. The first-order valence-electron chi connectivity index (χ1n) is 6.89. The molecule has 2 rings (SSSR count). The topological polar surface area (TPSA) is 66.6 Å². The lowest BCUT2D eigenvalue weighted by atomic mass is 10.1. The molecule has 108 valence electrons. The summed E-state index contributed by atoms with van der Waals surface area (Å²) < 4.78 is 0. The van der Waals surface area contributed by atoms with Crippen LogP contribution in [0.2, 0.25) is 0 Å². The molecule has 5 heteroatoms. The number of benzene rings is 1. The van der Waals surface area contributed by atoms with E-state index >= 15 is 0 Å². The predicted molar refractivity (Wildman–Crippen MR) is 76.9 cm³/mol. The fourth-order valence-corrected chi connectivity index (χ4v) is 2.31. The average Bonchev–Trinajstić information content (AvgIpc) is 2.43. The highest BCUT2D eigenvalue weighted by atomic mass is 16.2. The summed E-state index contributed by atoms with van der Waals surface area (Å²) in [5.74, 6) is -0.0442. The molecule has 1 aromatic carbocycles. The van der Waals surface area contributed by atoms with Crippen molar-refractivity contribution in [1.82, 2.24) is 9.80 Å². The molecule has 1 unspecified atom stereocenters. The second kappa shape index (κ2) is 6.05. The van der Waals surface area contributed by atoms with Crippen molar-refractivity contribution in [2.45, 2.75) is 19.9 Å². The molecule has 0 aliphatic carbocycles. The number of nitrogens with two attached hydrogens (primary N) is 1. The van der Waals surface area contributed by atoms with E-state index in [1.54, 1.807) is 9.80 Å². The maximum atomic E-state index is 12.0. The fourth-order valence-electron chi connectivity index (χ4n) is 2.31. The monoisotopic (exact) mass is 275 g/mol. The van der Waals surface area contributed by atoms with Crippen LogP contribution in [0.4, 0.5) is 0 Å². The second-order valence-corrected chi connectivity index (χ2v) is 5.20. The van der Waals surface area contributed by atoms with Gasteiger partial charge in [-0.05, 0) is 19.4 Å². The average molecular weight is 275 g/mol. The van der Waals surface area contributed by atoms with Gasteiger partial charge in [0.05, 0.1) is 13.1 Å². The maximum absolute atomic E-state index is 12.0. The van der Waals surface area contributed by atoms with Crippen LogP contribution in [0.3, 0.4) is 0 Å². The Morgan fingerprint density at radius 1 is 1.10 bits per heavy atom. The molecule has 5 nitrogen and oxygen atoms in total. The molecular weight excluding hydrogens is 254 g/mol. The molecule has 1 saturated heterocycles. The minimum Gasteiger partial charge on any atom is -0.332 e. The predicted octanol–water partition coefficient (Wildman–Crippen LogP) is 0.686. The van der Waals surface area contributed by atoms with Crippen LogP contribution in [0.1, 0.15) is 24.1 Å². The van der Waals surface area contributed by atoms with Gasteiger partial charge in [0.25, 0.3) is 0 Å². The summed E-state index contributed by atoms with van der Waals surface area (Å²) in [6.45, 7) is 5.14. The van der Waals surface area contributed by atoms with Gasteiger partial charge < -0.3 is 15.5 Å². The van der Waals surface area contributed by atoms with Gasteiger partial charge in [-0.1, -0.05) is 29.8 Å². The third-order valence-corrected chi connectivity index (χ3v) is 3.66. The zero-order valence-electron chi connectivity index (χ0n) is 12.0. The Bertz CT molecular complexity index is 498. The zero-order valence-corrected chi connectivity index (χ0v) is 12.0. The van der Waals surface area contributed by atoms with E-state index in [1.807, 2.05) is 38.1 Å². The highest BCUT2D eigenvalue weighted by Gasteiger charge is 2.29. The maximum Gasteiger partial charge on any atom is 0.242 e. The number of rotatable bonds is 4. The Labute approximate surface area is 119 Å². The molecular formula is C15H21N3O2. The van der Waals surface area contributed by atoms with Crippen molar-refractivity contribution in [2.24, 2.45) is 5.73 Å². The molecule has 1 atom stereocenters. The molecule has 2 amide bonds. The molecule has 1 fully saturated rings. The lowest BCUT2D eigenvalue weighted by Gasteiger charge is -2.34. The van der Waals surface area contributed by atoms with Crippen molar-refractivity contribution < 1.29 is 9.59 Å². The molecule has 0 aromatic heterocycles. The van der Waals surface area contributed by atoms with E-state index in [-0.39, 0.29) is 30.9 Å².